The quantitative estimate of drug-likeness (QED) is 0.329. The molecule has 3 aromatic carbocycles. The first-order chi connectivity index (χ1) is 17.4. The van der Waals surface area contributed by atoms with Crippen LogP contribution in [0.4, 0.5) is 5.69 Å². The average molecular weight is 486 g/mol. The molecule has 1 aliphatic heterocycles. The Morgan fingerprint density at radius 1 is 1.17 bits per heavy atom. The summed E-state index contributed by atoms with van der Waals surface area (Å²) in [5.41, 5.74) is 7.34. The summed E-state index contributed by atoms with van der Waals surface area (Å²) >= 11 is 0. The van der Waals surface area contributed by atoms with E-state index in [9.17, 15) is 4.79 Å². The molecule has 2 atom stereocenters. The molecule has 0 saturated carbocycles. The number of carbonyl (C=O) groups excluding carboxylic acids is 1. The first-order valence-electron chi connectivity index (χ1n) is 12.3. The molecule has 0 aliphatic carbocycles. The molecule has 1 aliphatic rings. The van der Waals surface area contributed by atoms with Gasteiger partial charge in [0.2, 0.25) is 0 Å². The van der Waals surface area contributed by atoms with E-state index in [0.29, 0.717) is 6.54 Å². The lowest BCUT2D eigenvalue weighted by molar-refractivity contribution is -0.149. The molecular weight excluding hydrogens is 454 g/mol. The Hall–Kier alpha value is -4.00. The second-order valence-corrected chi connectivity index (χ2v) is 9.09. The lowest BCUT2D eigenvalue weighted by atomic mass is 10.0. The van der Waals surface area contributed by atoms with Gasteiger partial charge in [-0.05, 0) is 55.3 Å². The average Bonchev–Trinajstić information content (AvgIpc) is 3.39. The molecule has 7 heteroatoms. The lowest BCUT2D eigenvalue weighted by Gasteiger charge is -2.16. The van der Waals surface area contributed by atoms with E-state index in [1.54, 1.807) is 7.11 Å². The van der Waals surface area contributed by atoms with Crippen LogP contribution in [0.5, 0.6) is 11.5 Å². The summed E-state index contributed by atoms with van der Waals surface area (Å²) in [7, 11) is 1.67. The van der Waals surface area contributed by atoms with Crippen LogP contribution in [-0.4, -0.2) is 28.7 Å². The molecule has 1 unspecified atom stereocenters. The van der Waals surface area contributed by atoms with Crippen LogP contribution in [0.2, 0.25) is 0 Å². The minimum atomic E-state index is -0.372. The van der Waals surface area contributed by atoms with Crippen molar-refractivity contribution < 1.29 is 19.0 Å². The summed E-state index contributed by atoms with van der Waals surface area (Å²) in [4.78, 5) is 16.3. The van der Waals surface area contributed by atoms with Crippen molar-refractivity contribution >= 4 is 22.7 Å². The summed E-state index contributed by atoms with van der Waals surface area (Å²) < 4.78 is 19.0. The van der Waals surface area contributed by atoms with Crippen LogP contribution in [0.25, 0.3) is 16.7 Å². The third-order valence-corrected chi connectivity index (χ3v) is 6.74. The van der Waals surface area contributed by atoms with E-state index in [2.05, 4.69) is 48.0 Å². The molecule has 0 amide bonds. The molecule has 1 aromatic heterocycles. The highest BCUT2D eigenvalue weighted by atomic mass is 16.6. The molecule has 7 nitrogen and oxygen atoms in total. The lowest BCUT2D eigenvalue weighted by Crippen LogP contribution is -2.18. The van der Waals surface area contributed by atoms with Gasteiger partial charge in [0.15, 0.2) is 6.10 Å². The number of ether oxygens (including phenoxy) is 3. The van der Waals surface area contributed by atoms with Gasteiger partial charge in [0, 0.05) is 43.3 Å². The third-order valence-electron chi connectivity index (χ3n) is 6.74. The fraction of sp³-hybridized carbons (Fsp3) is 0.310. The van der Waals surface area contributed by atoms with Crippen LogP contribution in [0.15, 0.2) is 54.6 Å². The predicted octanol–water partition coefficient (Wildman–Crippen LogP) is 5.90. The van der Waals surface area contributed by atoms with E-state index in [1.807, 2.05) is 37.3 Å². The second kappa shape index (κ2) is 9.57. The molecule has 0 fully saturated rings. The standard InChI is InChI=1S/C29H31N3O4/c1-6-28-31-24-15-22(34-5)11-13-26(24)32(28)25-9-7-8-20(17(25)2)16-30-21-10-12-23-27(14-21)35-18(3)29(23)36-19(4)33/h7-15,18,29-30H,6,16H2,1-5H3/t18?,29-/m1/s1. The normalized spacial score (nSPS) is 16.5. The zero-order valence-corrected chi connectivity index (χ0v) is 21.3. The number of fused-ring (bicyclic) bond motifs is 2. The van der Waals surface area contributed by atoms with Crippen molar-refractivity contribution in [2.45, 2.75) is 52.9 Å². The Kier molecular flexibility index (Phi) is 6.31. The van der Waals surface area contributed by atoms with Crippen molar-refractivity contribution in [3.05, 3.63) is 77.1 Å². The molecule has 1 N–H and O–H groups in total. The maximum atomic E-state index is 11.5. The molecule has 2 heterocycles. The highest BCUT2D eigenvalue weighted by molar-refractivity contribution is 5.80. The largest absolute Gasteiger partial charge is 0.497 e. The number of esters is 1. The number of benzene rings is 3. The number of aryl methyl sites for hydroxylation is 1. The zero-order valence-electron chi connectivity index (χ0n) is 21.3. The van der Waals surface area contributed by atoms with Gasteiger partial charge >= 0.3 is 5.97 Å². The summed E-state index contributed by atoms with van der Waals surface area (Å²) in [5, 5.41) is 3.53. The Morgan fingerprint density at radius 3 is 2.75 bits per heavy atom. The van der Waals surface area contributed by atoms with Gasteiger partial charge in [-0.1, -0.05) is 19.1 Å². The van der Waals surface area contributed by atoms with Gasteiger partial charge in [0.25, 0.3) is 0 Å². The Labute approximate surface area is 211 Å². The molecular formula is C29H31N3O4. The minimum Gasteiger partial charge on any atom is -0.497 e. The van der Waals surface area contributed by atoms with Crippen LogP contribution in [-0.2, 0) is 22.5 Å². The van der Waals surface area contributed by atoms with Crippen molar-refractivity contribution in [1.29, 1.82) is 0 Å². The van der Waals surface area contributed by atoms with Crippen LogP contribution in [0, 0.1) is 6.92 Å². The van der Waals surface area contributed by atoms with Gasteiger partial charge in [-0.2, -0.15) is 0 Å². The monoisotopic (exact) mass is 485 g/mol. The SMILES string of the molecule is CCc1nc2cc(OC)ccc2n1-c1cccc(CNc2ccc3c(c2)OC(C)[C@H]3OC(C)=O)c1C. The molecule has 0 radical (unpaired) electrons. The van der Waals surface area contributed by atoms with Gasteiger partial charge in [0.1, 0.15) is 23.4 Å². The van der Waals surface area contributed by atoms with Gasteiger partial charge < -0.3 is 19.5 Å². The van der Waals surface area contributed by atoms with E-state index in [4.69, 9.17) is 19.2 Å². The fourth-order valence-electron chi connectivity index (χ4n) is 4.88. The number of hydrogen-bond donors (Lipinski definition) is 1. The van der Waals surface area contributed by atoms with E-state index < -0.39 is 0 Å². The van der Waals surface area contributed by atoms with E-state index in [-0.39, 0.29) is 18.2 Å². The molecule has 0 spiro atoms. The first-order valence-corrected chi connectivity index (χ1v) is 12.3. The number of methoxy groups -OCH3 is 1. The highest BCUT2D eigenvalue weighted by Crippen LogP contribution is 2.40. The summed E-state index contributed by atoms with van der Waals surface area (Å²) in [5.74, 6) is 2.25. The number of aromatic nitrogens is 2. The number of hydrogen-bond acceptors (Lipinski definition) is 6. The first kappa shape index (κ1) is 23.7. The number of rotatable bonds is 7. The van der Waals surface area contributed by atoms with E-state index >= 15 is 0 Å². The Bertz CT molecular complexity index is 1440. The van der Waals surface area contributed by atoms with Gasteiger partial charge in [-0.25, -0.2) is 4.98 Å². The maximum absolute atomic E-state index is 11.5. The molecule has 36 heavy (non-hydrogen) atoms. The topological polar surface area (TPSA) is 74.6 Å². The molecule has 186 valence electrons. The number of nitrogens with one attached hydrogen (secondary N) is 1. The van der Waals surface area contributed by atoms with E-state index in [0.717, 1.165) is 51.7 Å². The van der Waals surface area contributed by atoms with Crippen LogP contribution in [0.1, 0.15) is 49.4 Å². The number of carbonyl (C=O) groups is 1. The Morgan fingerprint density at radius 2 is 2.00 bits per heavy atom. The van der Waals surface area contributed by atoms with Gasteiger partial charge in [-0.3, -0.25) is 9.36 Å². The maximum Gasteiger partial charge on any atom is 0.303 e. The van der Waals surface area contributed by atoms with Crippen molar-refractivity contribution in [2.24, 2.45) is 0 Å². The van der Waals surface area contributed by atoms with Gasteiger partial charge in [-0.15, -0.1) is 0 Å². The minimum absolute atomic E-state index is 0.212. The van der Waals surface area contributed by atoms with Crippen LogP contribution in [0.3, 0.4) is 0 Å². The number of imidazole rings is 1. The molecule has 5 rings (SSSR count). The van der Waals surface area contributed by atoms with E-state index in [1.165, 1.54) is 18.1 Å². The third kappa shape index (κ3) is 4.26. The van der Waals surface area contributed by atoms with Crippen molar-refractivity contribution in [2.75, 3.05) is 12.4 Å². The summed E-state index contributed by atoms with van der Waals surface area (Å²) in [6.45, 7) is 8.26. The smallest absolute Gasteiger partial charge is 0.303 e. The fourth-order valence-corrected chi connectivity index (χ4v) is 4.88. The predicted molar refractivity (Wildman–Crippen MR) is 140 cm³/mol. The van der Waals surface area contributed by atoms with Crippen LogP contribution >= 0.6 is 0 Å². The molecule has 0 bridgehead atoms. The number of nitrogens with zero attached hydrogens (tertiary/aromatic N) is 2. The highest BCUT2D eigenvalue weighted by Gasteiger charge is 2.33. The molecule has 4 aromatic rings. The Balaban J connectivity index is 1.41. The second-order valence-electron chi connectivity index (χ2n) is 9.09. The van der Waals surface area contributed by atoms with Crippen molar-refractivity contribution in [3.8, 4) is 17.2 Å². The zero-order chi connectivity index (χ0) is 25.4. The number of anilines is 1. The van der Waals surface area contributed by atoms with Crippen molar-refractivity contribution in [3.63, 3.8) is 0 Å². The van der Waals surface area contributed by atoms with Crippen molar-refractivity contribution in [1.82, 2.24) is 9.55 Å². The summed E-state index contributed by atoms with van der Waals surface area (Å²) in [6, 6.07) is 18.3. The molecule has 0 saturated heterocycles. The van der Waals surface area contributed by atoms with Crippen LogP contribution < -0.4 is 14.8 Å². The summed E-state index contributed by atoms with van der Waals surface area (Å²) in [6.07, 6.45) is 0.236. The van der Waals surface area contributed by atoms with Gasteiger partial charge in [0.05, 0.1) is 23.8 Å².